The Balaban J connectivity index is 1.55. The summed E-state index contributed by atoms with van der Waals surface area (Å²) in [4.78, 5) is 15.2. The Bertz CT molecular complexity index is 594. The predicted octanol–water partition coefficient (Wildman–Crippen LogP) is 1.53. The molecule has 2 atom stereocenters. The molecule has 2 fully saturated rings. The minimum absolute atomic E-state index is 0.174. The summed E-state index contributed by atoms with van der Waals surface area (Å²) in [6.45, 7) is 2.09. The average Bonchev–Trinajstić information content (AvgIpc) is 3.47. The number of carbonyl (C=O) groups excluding carboxylic acids is 1. The number of amides is 1. The molecule has 1 saturated carbocycles. The van der Waals surface area contributed by atoms with Gasteiger partial charge in [0.1, 0.15) is 11.9 Å². The molecular weight excluding hydrogens is 304 g/mol. The first-order valence-electron chi connectivity index (χ1n) is 9.07. The van der Waals surface area contributed by atoms with Crippen LogP contribution in [0, 0.1) is 0 Å². The number of nitrogens with one attached hydrogen (secondary N) is 1. The molecule has 1 N–H and O–H groups in total. The summed E-state index contributed by atoms with van der Waals surface area (Å²) in [5.74, 6) is 1.13. The lowest BCUT2D eigenvalue weighted by atomic mass is 9.86. The molecule has 1 heterocycles. The van der Waals surface area contributed by atoms with Gasteiger partial charge in [-0.3, -0.25) is 4.79 Å². The Kier molecular flexibility index (Phi) is 4.46. The zero-order valence-electron chi connectivity index (χ0n) is 14.3. The fraction of sp³-hybridized carbons (Fsp3) is 0.632. The summed E-state index contributed by atoms with van der Waals surface area (Å²) in [7, 11) is 1.73. The third kappa shape index (κ3) is 3.03. The van der Waals surface area contributed by atoms with Crippen LogP contribution in [-0.2, 0) is 22.4 Å². The van der Waals surface area contributed by atoms with E-state index in [1.54, 1.807) is 7.11 Å². The third-order valence-corrected chi connectivity index (χ3v) is 5.43. The van der Waals surface area contributed by atoms with Crippen molar-refractivity contribution in [2.45, 2.75) is 50.3 Å². The highest BCUT2D eigenvalue weighted by molar-refractivity contribution is 5.82. The second-order valence-corrected chi connectivity index (χ2v) is 7.03. The molecule has 1 unspecified atom stereocenters. The summed E-state index contributed by atoms with van der Waals surface area (Å²) >= 11 is 0. The van der Waals surface area contributed by atoms with Crippen molar-refractivity contribution in [3.8, 4) is 5.75 Å². The number of ether oxygens (including phenoxy) is 2. The zero-order valence-corrected chi connectivity index (χ0v) is 14.3. The van der Waals surface area contributed by atoms with Gasteiger partial charge in [0.25, 0.3) is 5.91 Å². The molecule has 1 saturated heterocycles. The molecule has 1 amide bonds. The fourth-order valence-electron chi connectivity index (χ4n) is 4.07. The summed E-state index contributed by atoms with van der Waals surface area (Å²) in [5, 5.41) is 3.27. The summed E-state index contributed by atoms with van der Waals surface area (Å²) in [6, 6.07) is 6.94. The average molecular weight is 330 g/mol. The first-order chi connectivity index (χ1) is 11.8. The van der Waals surface area contributed by atoms with Crippen LogP contribution in [0.25, 0.3) is 0 Å². The van der Waals surface area contributed by atoms with E-state index in [9.17, 15) is 4.79 Å². The van der Waals surface area contributed by atoms with E-state index in [1.165, 1.54) is 11.1 Å². The lowest BCUT2D eigenvalue weighted by molar-refractivity contribution is -0.148. The van der Waals surface area contributed by atoms with Crippen molar-refractivity contribution in [1.82, 2.24) is 10.2 Å². The minimum Gasteiger partial charge on any atom is -0.496 e. The monoisotopic (exact) mass is 330 g/mol. The van der Waals surface area contributed by atoms with Crippen molar-refractivity contribution in [3.05, 3.63) is 29.3 Å². The highest BCUT2D eigenvalue weighted by Crippen LogP contribution is 2.37. The number of fused-ring (bicyclic) bond motifs is 1. The Labute approximate surface area is 143 Å². The van der Waals surface area contributed by atoms with Crippen LogP contribution in [0.2, 0.25) is 0 Å². The number of hydrogen-bond acceptors (Lipinski definition) is 4. The van der Waals surface area contributed by atoms with Crippen molar-refractivity contribution < 1.29 is 14.3 Å². The fourth-order valence-corrected chi connectivity index (χ4v) is 4.07. The molecule has 0 bridgehead atoms. The Hall–Kier alpha value is -1.59. The molecule has 1 aliphatic heterocycles. The normalized spacial score (nSPS) is 26.5. The van der Waals surface area contributed by atoms with Crippen LogP contribution >= 0.6 is 0 Å². The van der Waals surface area contributed by atoms with Gasteiger partial charge in [-0.2, -0.15) is 0 Å². The zero-order chi connectivity index (χ0) is 16.5. The standard InChI is InChI=1S/C19H26N2O3/c1-23-17-4-2-3-13-5-6-15(11-16(13)17)21(14-7-8-14)19(22)18-12-20-9-10-24-18/h2-4,14-15,18,20H,5-12H2,1H3/t15?,18-/m1/s1. The second kappa shape index (κ2) is 6.73. The number of morpholine rings is 1. The number of nitrogens with zero attached hydrogens (tertiary/aromatic N) is 1. The summed E-state index contributed by atoms with van der Waals surface area (Å²) < 4.78 is 11.3. The van der Waals surface area contributed by atoms with Crippen molar-refractivity contribution >= 4 is 5.91 Å². The van der Waals surface area contributed by atoms with Crippen molar-refractivity contribution in [1.29, 1.82) is 0 Å². The largest absolute Gasteiger partial charge is 0.496 e. The van der Waals surface area contributed by atoms with E-state index < -0.39 is 0 Å². The first kappa shape index (κ1) is 15.9. The lowest BCUT2D eigenvalue weighted by Gasteiger charge is -2.38. The molecule has 0 aromatic heterocycles. The number of rotatable bonds is 4. The summed E-state index contributed by atoms with van der Waals surface area (Å²) in [6.07, 6.45) is 4.86. The number of benzene rings is 1. The van der Waals surface area contributed by atoms with E-state index in [1.807, 2.05) is 6.07 Å². The van der Waals surface area contributed by atoms with E-state index in [2.05, 4.69) is 22.3 Å². The van der Waals surface area contributed by atoms with E-state index in [0.717, 1.165) is 44.4 Å². The topological polar surface area (TPSA) is 50.8 Å². The van der Waals surface area contributed by atoms with E-state index in [4.69, 9.17) is 9.47 Å². The van der Waals surface area contributed by atoms with Gasteiger partial charge in [0.15, 0.2) is 0 Å². The molecule has 5 nitrogen and oxygen atoms in total. The number of carbonyl (C=O) groups is 1. The van der Waals surface area contributed by atoms with Gasteiger partial charge in [-0.05, 0) is 49.3 Å². The molecule has 130 valence electrons. The molecule has 0 spiro atoms. The Morgan fingerprint density at radius 3 is 2.88 bits per heavy atom. The second-order valence-electron chi connectivity index (χ2n) is 7.03. The molecule has 1 aromatic rings. The number of methoxy groups -OCH3 is 1. The first-order valence-corrected chi connectivity index (χ1v) is 9.07. The van der Waals surface area contributed by atoms with Gasteiger partial charge in [-0.25, -0.2) is 0 Å². The van der Waals surface area contributed by atoms with Gasteiger partial charge in [0, 0.05) is 25.2 Å². The minimum atomic E-state index is -0.321. The lowest BCUT2D eigenvalue weighted by Crippen LogP contribution is -2.54. The molecule has 24 heavy (non-hydrogen) atoms. The van der Waals surface area contributed by atoms with E-state index in [0.29, 0.717) is 19.2 Å². The van der Waals surface area contributed by atoms with Gasteiger partial charge in [0.05, 0.1) is 13.7 Å². The van der Waals surface area contributed by atoms with Gasteiger partial charge in [-0.1, -0.05) is 12.1 Å². The number of hydrogen-bond donors (Lipinski definition) is 1. The molecule has 1 aromatic carbocycles. The maximum absolute atomic E-state index is 13.1. The van der Waals surface area contributed by atoms with Crippen LogP contribution in [0.4, 0.5) is 0 Å². The van der Waals surface area contributed by atoms with Gasteiger partial charge in [-0.15, -0.1) is 0 Å². The molecule has 2 aliphatic carbocycles. The van der Waals surface area contributed by atoms with Crippen LogP contribution in [0.5, 0.6) is 5.75 Å². The summed E-state index contributed by atoms with van der Waals surface area (Å²) in [5.41, 5.74) is 2.64. The van der Waals surface area contributed by atoms with Crippen LogP contribution in [0.3, 0.4) is 0 Å². The molecule has 3 aliphatic rings. The third-order valence-electron chi connectivity index (χ3n) is 5.43. The molecule has 5 heteroatoms. The van der Waals surface area contributed by atoms with Gasteiger partial charge < -0.3 is 19.7 Å². The molecule has 0 radical (unpaired) electrons. The van der Waals surface area contributed by atoms with Crippen molar-refractivity contribution in [2.75, 3.05) is 26.8 Å². The highest BCUT2D eigenvalue weighted by atomic mass is 16.5. The van der Waals surface area contributed by atoms with Crippen LogP contribution in [0.1, 0.15) is 30.4 Å². The molecule has 4 rings (SSSR count). The smallest absolute Gasteiger partial charge is 0.253 e. The number of aryl methyl sites for hydroxylation is 1. The van der Waals surface area contributed by atoms with Gasteiger partial charge in [0.2, 0.25) is 0 Å². The van der Waals surface area contributed by atoms with Crippen LogP contribution in [0.15, 0.2) is 18.2 Å². The maximum atomic E-state index is 13.1. The quantitative estimate of drug-likeness (QED) is 0.910. The van der Waals surface area contributed by atoms with Gasteiger partial charge >= 0.3 is 0 Å². The Morgan fingerprint density at radius 1 is 1.29 bits per heavy atom. The van der Waals surface area contributed by atoms with Crippen LogP contribution < -0.4 is 10.1 Å². The van der Waals surface area contributed by atoms with Crippen molar-refractivity contribution in [3.63, 3.8) is 0 Å². The SMILES string of the molecule is COc1cccc2c1CC(N(C(=O)[C@H]1CNCCO1)C1CC1)CC2. The molecular formula is C19H26N2O3. The van der Waals surface area contributed by atoms with E-state index >= 15 is 0 Å². The van der Waals surface area contributed by atoms with Crippen molar-refractivity contribution in [2.24, 2.45) is 0 Å². The van der Waals surface area contributed by atoms with E-state index in [-0.39, 0.29) is 18.1 Å². The highest BCUT2D eigenvalue weighted by Gasteiger charge is 2.41. The predicted molar refractivity (Wildman–Crippen MR) is 91.3 cm³/mol. The Morgan fingerprint density at radius 2 is 2.17 bits per heavy atom. The maximum Gasteiger partial charge on any atom is 0.253 e. The van der Waals surface area contributed by atoms with Crippen LogP contribution in [-0.4, -0.2) is 55.8 Å².